The van der Waals surface area contributed by atoms with E-state index in [1.807, 2.05) is 0 Å². The Hall–Kier alpha value is -3.81. The summed E-state index contributed by atoms with van der Waals surface area (Å²) < 4.78 is 10.9. The van der Waals surface area contributed by atoms with E-state index in [0.717, 1.165) is 0 Å². The van der Waals surface area contributed by atoms with Crippen molar-refractivity contribution in [3.8, 4) is 23.0 Å². The van der Waals surface area contributed by atoms with Crippen molar-refractivity contribution < 1.29 is 29.3 Å². The summed E-state index contributed by atoms with van der Waals surface area (Å²) in [6, 6.07) is 10.9. The summed E-state index contributed by atoms with van der Waals surface area (Å²) in [7, 11) is 1.58. The van der Waals surface area contributed by atoms with Crippen molar-refractivity contribution in [2.75, 3.05) is 7.11 Å². The number of carboxylic acid groups (broad SMARTS) is 1. The van der Waals surface area contributed by atoms with Gasteiger partial charge < -0.3 is 25.0 Å². The molecule has 0 aliphatic carbocycles. The summed E-state index contributed by atoms with van der Waals surface area (Å²) >= 11 is 0. The molecule has 8 nitrogen and oxygen atoms in total. The maximum atomic E-state index is 12.2. The third-order valence-corrected chi connectivity index (χ3v) is 4.06. The number of aromatic hydroxyl groups is 1. The maximum Gasteiger partial charge on any atom is 0.325 e. The van der Waals surface area contributed by atoms with Gasteiger partial charge in [0, 0.05) is 17.0 Å². The molecule has 0 bridgehead atoms. The number of hydrogen-bond donors (Lipinski definition) is 3. The second-order valence-corrected chi connectivity index (χ2v) is 6.02. The third-order valence-electron chi connectivity index (χ3n) is 4.06. The van der Waals surface area contributed by atoms with Crippen molar-refractivity contribution >= 4 is 22.6 Å². The molecule has 0 spiro atoms. The van der Waals surface area contributed by atoms with Gasteiger partial charge in [0.15, 0.2) is 11.4 Å². The van der Waals surface area contributed by atoms with Crippen LogP contribution < -0.4 is 14.8 Å². The highest BCUT2D eigenvalue weighted by atomic mass is 16.5. The molecule has 0 radical (unpaired) electrons. The normalized spacial score (nSPS) is 11.6. The molecule has 1 aromatic heterocycles. The van der Waals surface area contributed by atoms with E-state index in [-0.39, 0.29) is 11.4 Å². The number of nitrogens with one attached hydrogen (secondary N) is 1. The van der Waals surface area contributed by atoms with Gasteiger partial charge in [-0.2, -0.15) is 0 Å². The van der Waals surface area contributed by atoms with Crippen LogP contribution in [0.4, 0.5) is 0 Å². The smallest absolute Gasteiger partial charge is 0.325 e. The molecule has 2 aromatic carbocycles. The lowest BCUT2D eigenvalue weighted by molar-refractivity contribution is -0.138. The van der Waals surface area contributed by atoms with Gasteiger partial charge >= 0.3 is 5.97 Å². The van der Waals surface area contributed by atoms with Gasteiger partial charge in [-0.3, -0.25) is 9.59 Å². The number of pyridine rings is 1. The Balaban J connectivity index is 1.85. The van der Waals surface area contributed by atoms with E-state index >= 15 is 0 Å². The third kappa shape index (κ3) is 3.96. The van der Waals surface area contributed by atoms with Crippen LogP contribution in [-0.4, -0.2) is 40.2 Å². The van der Waals surface area contributed by atoms with Gasteiger partial charge in [-0.1, -0.05) is 0 Å². The summed E-state index contributed by atoms with van der Waals surface area (Å²) in [5.41, 5.74) is -0.246. The molecule has 3 aromatic rings. The van der Waals surface area contributed by atoms with Crippen molar-refractivity contribution in [2.24, 2.45) is 0 Å². The van der Waals surface area contributed by atoms with Gasteiger partial charge in [-0.05, 0) is 49.4 Å². The highest BCUT2D eigenvalue weighted by molar-refractivity contribution is 6.02. The second kappa shape index (κ2) is 7.83. The number of amides is 1. The van der Waals surface area contributed by atoms with Crippen LogP contribution in [0.3, 0.4) is 0 Å². The highest BCUT2D eigenvalue weighted by Gasteiger charge is 2.20. The van der Waals surface area contributed by atoms with E-state index in [1.165, 1.54) is 13.1 Å². The van der Waals surface area contributed by atoms with E-state index < -0.39 is 17.9 Å². The number of carboxylic acids is 1. The van der Waals surface area contributed by atoms with Crippen LogP contribution in [0.1, 0.15) is 17.4 Å². The Kier molecular flexibility index (Phi) is 5.30. The molecule has 0 aliphatic heterocycles. The first-order chi connectivity index (χ1) is 13.4. The first kappa shape index (κ1) is 19.0. The number of hydrogen-bond acceptors (Lipinski definition) is 6. The molecule has 1 atom stereocenters. The van der Waals surface area contributed by atoms with Crippen LogP contribution in [0.25, 0.3) is 10.8 Å². The van der Waals surface area contributed by atoms with Gasteiger partial charge in [-0.25, -0.2) is 4.98 Å². The fourth-order valence-electron chi connectivity index (χ4n) is 2.52. The Morgan fingerprint density at radius 1 is 1.07 bits per heavy atom. The number of rotatable bonds is 6. The molecule has 0 saturated heterocycles. The Morgan fingerprint density at radius 3 is 2.36 bits per heavy atom. The zero-order chi connectivity index (χ0) is 20.3. The highest BCUT2D eigenvalue weighted by Crippen LogP contribution is 2.32. The summed E-state index contributed by atoms with van der Waals surface area (Å²) in [6.07, 6.45) is 1.41. The summed E-state index contributed by atoms with van der Waals surface area (Å²) in [4.78, 5) is 27.0. The van der Waals surface area contributed by atoms with Crippen LogP contribution in [0.2, 0.25) is 0 Å². The van der Waals surface area contributed by atoms with E-state index in [9.17, 15) is 14.7 Å². The lowest BCUT2D eigenvalue weighted by Crippen LogP contribution is -2.38. The molecule has 1 amide bonds. The van der Waals surface area contributed by atoms with Crippen molar-refractivity contribution in [1.29, 1.82) is 0 Å². The zero-order valence-electron chi connectivity index (χ0n) is 15.2. The molecular formula is C20H18N2O6. The number of benzene rings is 2. The maximum absolute atomic E-state index is 12.2. The second-order valence-electron chi connectivity index (χ2n) is 6.02. The van der Waals surface area contributed by atoms with Gasteiger partial charge in [0.25, 0.3) is 5.91 Å². The lowest BCUT2D eigenvalue weighted by atomic mass is 10.1. The monoisotopic (exact) mass is 382 g/mol. The Morgan fingerprint density at radius 2 is 1.71 bits per heavy atom. The molecule has 3 N–H and O–H groups in total. The number of ether oxygens (including phenoxy) is 2. The predicted molar refractivity (Wildman–Crippen MR) is 101 cm³/mol. The van der Waals surface area contributed by atoms with E-state index in [4.69, 9.17) is 14.6 Å². The van der Waals surface area contributed by atoms with Crippen LogP contribution in [0.15, 0.2) is 48.7 Å². The number of aliphatic carboxylic acids is 1. The Labute approximate surface area is 160 Å². The molecular weight excluding hydrogens is 364 g/mol. The van der Waals surface area contributed by atoms with Gasteiger partial charge in [0.05, 0.1) is 7.11 Å². The quantitative estimate of drug-likeness (QED) is 0.600. The number of carbonyl (C=O) groups is 2. The molecule has 144 valence electrons. The minimum atomic E-state index is -1.19. The average Bonchev–Trinajstić information content (AvgIpc) is 2.68. The summed E-state index contributed by atoms with van der Waals surface area (Å²) in [6.45, 7) is 1.32. The molecule has 0 saturated carbocycles. The van der Waals surface area contributed by atoms with Crippen molar-refractivity contribution in [2.45, 2.75) is 13.0 Å². The Bertz CT molecular complexity index is 1030. The van der Waals surface area contributed by atoms with Crippen molar-refractivity contribution in [3.63, 3.8) is 0 Å². The first-order valence-corrected chi connectivity index (χ1v) is 8.36. The minimum absolute atomic E-state index is 0.246. The minimum Gasteiger partial charge on any atom is -0.505 e. The number of nitrogens with zero attached hydrogens (tertiary/aromatic N) is 1. The number of methoxy groups -OCH3 is 1. The van der Waals surface area contributed by atoms with Gasteiger partial charge in [-0.15, -0.1) is 0 Å². The van der Waals surface area contributed by atoms with Gasteiger partial charge in [0.1, 0.15) is 23.3 Å². The number of carbonyl (C=O) groups excluding carboxylic acids is 1. The van der Waals surface area contributed by atoms with Crippen LogP contribution in [-0.2, 0) is 4.79 Å². The van der Waals surface area contributed by atoms with Crippen molar-refractivity contribution in [3.05, 3.63) is 54.4 Å². The zero-order valence-corrected chi connectivity index (χ0v) is 15.2. The number of fused-ring (bicyclic) bond motifs is 1. The fourth-order valence-corrected chi connectivity index (χ4v) is 2.52. The molecule has 0 aliphatic rings. The number of aromatic nitrogens is 1. The van der Waals surface area contributed by atoms with Crippen molar-refractivity contribution in [1.82, 2.24) is 10.3 Å². The lowest BCUT2D eigenvalue weighted by Gasteiger charge is -2.12. The standard InChI is InChI=1S/C20H18N2O6/c1-11(20(25)26)22-19(24)17-18(23)16-8-7-15(9-12(16)10-21-17)28-14-5-3-13(27-2)4-6-14/h3-11,23H,1-2H3,(H,22,24)(H,25,26). The van der Waals surface area contributed by atoms with E-state index in [0.29, 0.717) is 28.0 Å². The summed E-state index contributed by atoms with van der Waals surface area (Å²) in [5.74, 6) is -0.444. The fraction of sp³-hybridized carbons (Fsp3) is 0.150. The largest absolute Gasteiger partial charge is 0.505 e. The molecule has 3 rings (SSSR count). The van der Waals surface area contributed by atoms with Crippen LogP contribution in [0, 0.1) is 0 Å². The van der Waals surface area contributed by atoms with Gasteiger partial charge in [0.2, 0.25) is 0 Å². The van der Waals surface area contributed by atoms with Crippen LogP contribution >= 0.6 is 0 Å². The van der Waals surface area contributed by atoms with E-state index in [2.05, 4.69) is 10.3 Å². The predicted octanol–water partition coefficient (Wildman–Crippen LogP) is 2.94. The SMILES string of the molecule is COc1ccc(Oc2ccc3c(O)c(C(=O)NC(C)C(=O)O)ncc3c2)cc1. The average molecular weight is 382 g/mol. The molecule has 0 fully saturated rings. The molecule has 1 unspecified atom stereocenters. The molecule has 8 heteroatoms. The summed E-state index contributed by atoms with van der Waals surface area (Å²) in [5, 5.41) is 22.5. The molecule has 28 heavy (non-hydrogen) atoms. The topological polar surface area (TPSA) is 118 Å². The van der Waals surface area contributed by atoms with Crippen LogP contribution in [0.5, 0.6) is 23.0 Å². The first-order valence-electron chi connectivity index (χ1n) is 8.36. The van der Waals surface area contributed by atoms with E-state index in [1.54, 1.807) is 49.6 Å². The molecule has 1 heterocycles.